The number of aryl methyl sites for hydroxylation is 3. The number of nitrogens with two attached hydrogens (primary N) is 5. The zero-order valence-electron chi connectivity index (χ0n) is 69.8. The maximum Gasteiger partial charge on any atom is 0.303 e. The summed E-state index contributed by atoms with van der Waals surface area (Å²) < 4.78 is 0. The van der Waals surface area contributed by atoms with Crippen LogP contribution in [0.1, 0.15) is 186 Å². The van der Waals surface area contributed by atoms with Crippen LogP contribution in [0.3, 0.4) is 0 Å². The van der Waals surface area contributed by atoms with Gasteiger partial charge >= 0.3 is 5.97 Å². The number of primary amides is 1. The Labute approximate surface area is 706 Å². The summed E-state index contributed by atoms with van der Waals surface area (Å²) in [4.78, 5) is 196. The smallest absolute Gasteiger partial charge is 0.303 e. The third kappa shape index (κ3) is 49.6. The van der Waals surface area contributed by atoms with Gasteiger partial charge in [0.15, 0.2) is 28.9 Å². The van der Waals surface area contributed by atoms with Gasteiger partial charge < -0.3 is 85.9 Å². The summed E-state index contributed by atoms with van der Waals surface area (Å²) in [6.07, 6.45) is -1.73. The quantitative estimate of drug-likeness (QED) is 0.0247. The van der Waals surface area contributed by atoms with E-state index in [1.807, 2.05) is 71.0 Å². The Balaban J connectivity index is 0.00000355. The van der Waals surface area contributed by atoms with E-state index in [0.717, 1.165) is 57.3 Å². The van der Waals surface area contributed by atoms with Gasteiger partial charge in [-0.25, -0.2) is 0 Å². The Morgan fingerprint density at radius 2 is 1.19 bits per heavy atom. The Kier molecular flexibility index (Phi) is 57.4. The number of halogens is 1. The SMILES string of the molecule is CC(C)C.CCC(C)[C@H](NC(=O)CCC(=O)[C@@H]1CSSC[C@H](NC(=O)[C@@H](CCC(=O)O)CC(=O)[C@H](Cc2ccc(O)cc2)NC(=O)CN)C(=O)N2CCC[C@H]2C(=O)CCC(=O)NCC(=O)CCC(=O)N1)C(=O)CCC(=O)NCc1ccc(CCC(=O)CN)cc1.CCC(N)=O.CCN.CCN.Cc1ccc(O)c(Cl)c1.Cc1ccc(O)cc1. The highest BCUT2D eigenvalue weighted by Gasteiger charge is 2.39. The Bertz CT molecular complexity index is 3780. The van der Waals surface area contributed by atoms with E-state index in [1.165, 1.54) is 34.7 Å². The molecule has 2 aliphatic heterocycles. The van der Waals surface area contributed by atoms with Crippen LogP contribution in [-0.2, 0) is 91.3 Å². The Morgan fingerprint density at radius 1 is 0.636 bits per heavy atom. The number of nitrogens with zero attached hydrogens (tertiary/aromatic N) is 1. The standard InChI is InChI=1S/C59H81N9O16S2.C7H7ClO.C7H8O.C4H10.C3H7NO.2C2H7N/c1-3-35(2)57(49(74)20-23-51(76)62-31-38-8-6-36(7-9-38)10-16-41(70)29-60)67-54(79)24-18-47(72)44-33-85-86-34-45(59(84)68-26-4-5-46(68)48(73)19-22-52(77)63-32-42(71)17-21-53(78)65-44)66-58(83)39(13-25-56(81)82)28-50(75)43(64-55(80)30-61)27-37-11-14-40(69)15-12-37;1-5-2-3-7(9)6(8)4-5;1-6-2-4-7(8)5-3-6;1-4(2)3;1-2-3(4)5;2*1-2-3/h6-9,11-12,14-15,35,39,43-46,57,69H,3-5,10,13,16-34,60-61H2,1-2H3,(H,62,76)(H,63,77)(H,64,80)(H,65,78)(H,66,83)(H,67,79)(H,81,82);2-4,9H,1H3;2-5,8H,1H3;4H,1-3H3;2H2,1H3,(H2,4,5);2*2-3H2,1H3/t35?,39-,43-,44-,45-,46-,57-;;;;;;/m0....../s1. The summed E-state index contributed by atoms with van der Waals surface area (Å²) in [5.41, 5.74) is 29.8. The molecule has 8 amide bonds. The van der Waals surface area contributed by atoms with Gasteiger partial charge in [0, 0.05) is 108 Å². The number of carbonyl (C=O) groups excluding carboxylic acids is 14. The highest BCUT2D eigenvalue weighted by Crippen LogP contribution is 2.29. The summed E-state index contributed by atoms with van der Waals surface area (Å²) in [5.74, 6) is -9.83. The molecule has 0 bridgehead atoms. The molecule has 2 fully saturated rings. The molecule has 31 nitrogen and oxygen atoms in total. The van der Waals surface area contributed by atoms with Crippen LogP contribution in [0.25, 0.3) is 0 Å². The predicted molar refractivity (Wildman–Crippen MR) is 458 cm³/mol. The van der Waals surface area contributed by atoms with Crippen LogP contribution < -0.4 is 60.6 Å². The number of Topliss-reactive ketones (excluding diaryl/α,β-unsaturated/α-hetero) is 6. The summed E-state index contributed by atoms with van der Waals surface area (Å²) in [5, 5.41) is 53.3. The van der Waals surface area contributed by atoms with Crippen molar-refractivity contribution in [3.05, 3.63) is 124 Å². The molecule has 0 aliphatic carbocycles. The van der Waals surface area contributed by atoms with Crippen molar-refractivity contribution >= 4 is 121 Å². The van der Waals surface area contributed by atoms with E-state index in [4.69, 9.17) is 44.7 Å². The first-order chi connectivity index (χ1) is 55.8. The third-order valence-corrected chi connectivity index (χ3v) is 20.0. The number of rotatable bonds is 30. The second kappa shape index (κ2) is 62.5. The number of hydrogen-bond acceptors (Lipinski definition) is 24. The lowest BCUT2D eigenvalue weighted by molar-refractivity contribution is -0.142. The number of carbonyl (C=O) groups is 15. The van der Waals surface area contributed by atoms with Gasteiger partial charge in [0.05, 0.1) is 48.8 Å². The number of benzene rings is 4. The molecule has 1 unspecified atom stereocenters. The molecule has 2 saturated heterocycles. The van der Waals surface area contributed by atoms with E-state index in [0.29, 0.717) is 48.4 Å². The number of carboxylic acid groups (broad SMARTS) is 1. The van der Waals surface area contributed by atoms with Gasteiger partial charge in [0.2, 0.25) is 47.3 Å². The number of phenols is 3. The van der Waals surface area contributed by atoms with Gasteiger partial charge in [0.25, 0.3) is 0 Å². The van der Waals surface area contributed by atoms with E-state index in [9.17, 15) is 82.1 Å². The molecular weight excluding hydrogens is 1580 g/mol. The lowest BCUT2D eigenvalue weighted by Crippen LogP contribution is -2.54. The predicted octanol–water partition coefficient (Wildman–Crippen LogP) is 6.52. The van der Waals surface area contributed by atoms with Crippen LogP contribution in [0, 0.1) is 31.6 Å². The van der Waals surface area contributed by atoms with E-state index in [1.54, 1.807) is 44.2 Å². The first kappa shape index (κ1) is 108. The van der Waals surface area contributed by atoms with E-state index < -0.39 is 151 Å². The minimum Gasteiger partial charge on any atom is -0.508 e. The molecule has 0 saturated carbocycles. The molecule has 7 atom stereocenters. The van der Waals surface area contributed by atoms with E-state index in [2.05, 4.69) is 58.4 Å². The van der Waals surface area contributed by atoms with Crippen LogP contribution in [-0.4, -0.2) is 194 Å². The van der Waals surface area contributed by atoms with Crippen LogP contribution in [0.4, 0.5) is 0 Å². The van der Waals surface area contributed by atoms with Crippen LogP contribution in [0.15, 0.2) is 91.0 Å². The minimum atomic E-state index is -1.43. The molecule has 4 aromatic rings. The number of hydrogen-bond donors (Lipinski definition) is 15. The monoisotopic (exact) mass is 1710 g/mol. The van der Waals surface area contributed by atoms with Gasteiger partial charge in [-0.15, -0.1) is 0 Å². The minimum absolute atomic E-state index is 0.0229. The summed E-state index contributed by atoms with van der Waals surface area (Å²) in [7, 11) is 2.00. The average molecular weight is 1710 g/mol. The lowest BCUT2D eigenvalue weighted by Gasteiger charge is -2.30. The molecule has 0 aromatic heterocycles. The van der Waals surface area contributed by atoms with Crippen LogP contribution in [0.2, 0.25) is 5.02 Å². The second-order valence-electron chi connectivity index (χ2n) is 28.6. The molecule has 656 valence electrons. The maximum atomic E-state index is 14.6. The number of nitrogens with one attached hydrogen (secondary N) is 6. The second-order valence-corrected chi connectivity index (χ2v) is 31.5. The topological polar surface area (TPSA) is 542 Å². The van der Waals surface area contributed by atoms with Gasteiger partial charge in [-0.1, -0.05) is 155 Å². The van der Waals surface area contributed by atoms with Crippen molar-refractivity contribution in [2.45, 2.75) is 222 Å². The molecule has 34 heteroatoms. The highest BCUT2D eigenvalue weighted by atomic mass is 35.5. The van der Waals surface area contributed by atoms with Gasteiger partial charge in [0.1, 0.15) is 29.1 Å². The van der Waals surface area contributed by atoms with Crippen molar-refractivity contribution in [3.63, 3.8) is 0 Å². The first-order valence-electron chi connectivity index (χ1n) is 39.6. The number of ketones is 6. The largest absolute Gasteiger partial charge is 0.508 e. The molecule has 118 heavy (non-hydrogen) atoms. The van der Waals surface area contributed by atoms with Crippen LogP contribution >= 0.6 is 33.2 Å². The van der Waals surface area contributed by atoms with Gasteiger partial charge in [-0.3, -0.25) is 71.9 Å². The summed E-state index contributed by atoms with van der Waals surface area (Å²) >= 11 is 5.56. The van der Waals surface area contributed by atoms with Crippen molar-refractivity contribution in [2.75, 3.05) is 50.8 Å². The Hall–Kier alpha value is -9.64. The van der Waals surface area contributed by atoms with Crippen LogP contribution in [0.5, 0.6) is 17.2 Å². The fraction of sp³-hybridized carbons (Fsp3) is 0.536. The van der Waals surface area contributed by atoms with E-state index >= 15 is 0 Å². The molecule has 2 heterocycles. The maximum absolute atomic E-state index is 14.6. The number of fused-ring (bicyclic) bond motifs is 1. The molecule has 0 spiro atoms. The fourth-order valence-corrected chi connectivity index (χ4v) is 13.2. The normalized spacial score (nSPS) is 16.0. The van der Waals surface area contributed by atoms with Crippen molar-refractivity contribution < 1.29 is 92.3 Å². The van der Waals surface area contributed by atoms with Crippen molar-refractivity contribution in [3.8, 4) is 17.2 Å². The molecule has 0 radical (unpaired) electrons. The molecule has 20 N–H and O–H groups in total. The van der Waals surface area contributed by atoms with Crippen molar-refractivity contribution in [2.24, 2.45) is 46.4 Å². The summed E-state index contributed by atoms with van der Waals surface area (Å²) in [6.45, 7) is 20.3. The zero-order chi connectivity index (χ0) is 89.4. The molecule has 4 aromatic carbocycles. The number of aliphatic carboxylic acids is 1. The average Bonchev–Trinajstić information content (AvgIpc) is 1.64. The molecule has 6 rings (SSSR count). The Morgan fingerprint density at radius 3 is 1.73 bits per heavy atom. The number of carboxylic acids is 1. The third-order valence-electron chi connectivity index (χ3n) is 17.3. The van der Waals surface area contributed by atoms with E-state index in [-0.39, 0.29) is 118 Å². The first-order valence-corrected chi connectivity index (χ1v) is 42.5. The number of aromatic hydroxyl groups is 3. The number of amides is 8. The number of phenolic OH excluding ortho intramolecular Hbond substituents is 3. The lowest BCUT2D eigenvalue weighted by atomic mass is 9.90. The van der Waals surface area contributed by atoms with Crippen molar-refractivity contribution in [1.82, 2.24) is 36.8 Å². The van der Waals surface area contributed by atoms with Gasteiger partial charge in [-0.05, 0) is 130 Å². The molecule has 2 aliphatic rings. The van der Waals surface area contributed by atoms with Crippen molar-refractivity contribution in [1.29, 1.82) is 0 Å². The summed E-state index contributed by atoms with van der Waals surface area (Å²) in [6, 6.07) is 19.4. The molecular formula is C84H127ClN12O19S2. The highest BCUT2D eigenvalue weighted by molar-refractivity contribution is 8.76. The fourth-order valence-electron chi connectivity index (χ4n) is 10.6. The zero-order valence-corrected chi connectivity index (χ0v) is 72.2. The van der Waals surface area contributed by atoms with Gasteiger partial charge in [-0.2, -0.15) is 0 Å².